The molecule has 0 saturated carbocycles. The number of ether oxygens (including phenoxy) is 1. The van der Waals surface area contributed by atoms with Crippen LogP contribution >= 0.6 is 0 Å². The van der Waals surface area contributed by atoms with E-state index in [1.54, 1.807) is 0 Å². The Bertz CT molecular complexity index is 608. The molecule has 1 fully saturated rings. The average Bonchev–Trinajstić information content (AvgIpc) is 2.94. The number of fused-ring (bicyclic) bond motifs is 1. The van der Waals surface area contributed by atoms with Crippen molar-refractivity contribution in [2.75, 3.05) is 6.61 Å². The third kappa shape index (κ3) is 2.19. The van der Waals surface area contributed by atoms with E-state index in [4.69, 9.17) is 9.84 Å². The summed E-state index contributed by atoms with van der Waals surface area (Å²) in [5.74, 6) is -0.282. The molecule has 0 spiro atoms. The predicted molar refractivity (Wildman–Crippen MR) is 60.0 cm³/mol. The van der Waals surface area contributed by atoms with Crippen LogP contribution in [0.2, 0.25) is 0 Å². The van der Waals surface area contributed by atoms with Gasteiger partial charge in [-0.1, -0.05) is 0 Å². The van der Waals surface area contributed by atoms with E-state index in [-0.39, 0.29) is 36.5 Å². The Morgan fingerprint density at radius 3 is 2.60 bits per heavy atom. The predicted octanol–water partition coefficient (Wildman–Crippen LogP) is -1.86. The van der Waals surface area contributed by atoms with Gasteiger partial charge < -0.3 is 25.2 Å². The van der Waals surface area contributed by atoms with Crippen LogP contribution in [0, 0.1) is 0 Å². The number of aromatic nitrogens is 4. The van der Waals surface area contributed by atoms with Gasteiger partial charge in [-0.3, -0.25) is 4.57 Å². The topological polar surface area (TPSA) is 134 Å². The number of imidazole rings is 1. The summed E-state index contributed by atoms with van der Waals surface area (Å²) in [6.07, 6.45) is -1.79. The first-order valence-electron chi connectivity index (χ1n) is 5.62. The van der Waals surface area contributed by atoms with E-state index in [9.17, 15) is 15.3 Å². The minimum atomic E-state index is -1.23. The molecular weight excluding hydrogens is 322 g/mol. The van der Waals surface area contributed by atoms with Gasteiger partial charge in [0.05, 0.1) is 12.9 Å². The van der Waals surface area contributed by atoms with E-state index in [1.165, 1.54) is 10.9 Å². The maximum Gasteiger partial charge on any atom is 0.242 e. The number of aromatic hydroxyl groups is 1. The van der Waals surface area contributed by atoms with Crippen molar-refractivity contribution in [2.45, 2.75) is 24.5 Å². The minimum Gasteiger partial charge on any atom is -0.492 e. The second-order valence-electron chi connectivity index (χ2n) is 4.25. The largest absolute Gasteiger partial charge is 0.492 e. The van der Waals surface area contributed by atoms with Gasteiger partial charge in [-0.2, -0.15) is 4.98 Å². The second kappa shape index (κ2) is 5.67. The maximum absolute atomic E-state index is 9.92. The molecule has 9 nitrogen and oxygen atoms in total. The third-order valence-electron chi connectivity index (χ3n) is 3.13. The molecule has 20 heavy (non-hydrogen) atoms. The van der Waals surface area contributed by atoms with Crippen LogP contribution in [-0.2, 0) is 24.2 Å². The maximum atomic E-state index is 9.92. The second-order valence-corrected chi connectivity index (χ2v) is 4.25. The molecule has 0 radical (unpaired) electrons. The van der Waals surface area contributed by atoms with Gasteiger partial charge >= 0.3 is 0 Å². The first kappa shape index (κ1) is 15.2. The number of hydrogen-bond donors (Lipinski definition) is 4. The molecule has 3 rings (SSSR count). The van der Waals surface area contributed by atoms with Crippen LogP contribution in [-0.4, -0.2) is 64.9 Å². The number of aliphatic hydroxyl groups excluding tert-OH is 3. The standard InChI is InChI=1S/C10H12N4O5.Zn/c15-1-4-6(16)7(17)10(19-4)14-3-13-5-8(14)11-2-12-9(5)18;/h2-4,6-7,10,15-17H,1H2,(H,11,12,18);/t4-,6-,7-,10-;/m1./s1. The molecule has 4 N–H and O–H groups in total. The van der Waals surface area contributed by atoms with Gasteiger partial charge in [0.2, 0.25) is 5.88 Å². The van der Waals surface area contributed by atoms with E-state index in [1.807, 2.05) is 0 Å². The summed E-state index contributed by atoms with van der Waals surface area (Å²) in [5, 5.41) is 38.2. The van der Waals surface area contributed by atoms with Crippen LogP contribution in [0.4, 0.5) is 0 Å². The number of rotatable bonds is 2. The summed E-state index contributed by atoms with van der Waals surface area (Å²) in [6.45, 7) is -0.415. The molecule has 4 atom stereocenters. The Morgan fingerprint density at radius 1 is 1.20 bits per heavy atom. The molecule has 2 aromatic rings. The monoisotopic (exact) mass is 332 g/mol. The third-order valence-corrected chi connectivity index (χ3v) is 3.13. The van der Waals surface area contributed by atoms with Gasteiger partial charge in [0.1, 0.15) is 24.6 Å². The molecule has 0 amide bonds. The van der Waals surface area contributed by atoms with Crippen molar-refractivity contribution < 1.29 is 44.6 Å². The molecule has 10 heteroatoms. The molecule has 1 aliphatic rings. The molecule has 0 aromatic carbocycles. The summed E-state index contributed by atoms with van der Waals surface area (Å²) < 4.78 is 6.73. The van der Waals surface area contributed by atoms with Gasteiger partial charge in [0.15, 0.2) is 17.4 Å². The molecule has 104 valence electrons. The van der Waals surface area contributed by atoms with Crippen LogP contribution in [0.1, 0.15) is 6.23 Å². The van der Waals surface area contributed by atoms with E-state index >= 15 is 0 Å². The van der Waals surface area contributed by atoms with E-state index in [2.05, 4.69) is 15.0 Å². The van der Waals surface area contributed by atoms with E-state index in [0.717, 1.165) is 6.33 Å². The van der Waals surface area contributed by atoms with E-state index < -0.39 is 31.1 Å². The Kier molecular flexibility index (Phi) is 4.31. The molecule has 1 aliphatic heterocycles. The van der Waals surface area contributed by atoms with Crippen LogP contribution in [0.3, 0.4) is 0 Å². The minimum absolute atomic E-state index is 0. The van der Waals surface area contributed by atoms with Gasteiger partial charge in [-0.15, -0.1) is 0 Å². The summed E-state index contributed by atoms with van der Waals surface area (Å²) in [6, 6.07) is 0. The SMILES string of the molecule is OC[C@H]1O[C@@H](n2cnc3c(O)ncnc32)[C@H](O)[C@@H]1O.[Zn]. The fourth-order valence-electron chi connectivity index (χ4n) is 2.14. The zero-order valence-electron chi connectivity index (χ0n) is 10.4. The zero-order chi connectivity index (χ0) is 13.6. The summed E-state index contributed by atoms with van der Waals surface area (Å²) in [4.78, 5) is 11.5. The zero-order valence-corrected chi connectivity index (χ0v) is 13.3. The van der Waals surface area contributed by atoms with Gasteiger partial charge in [-0.05, 0) is 0 Å². The van der Waals surface area contributed by atoms with Crippen LogP contribution < -0.4 is 0 Å². The number of aliphatic hydroxyl groups is 3. The average molecular weight is 334 g/mol. The van der Waals surface area contributed by atoms with Crippen LogP contribution in [0.5, 0.6) is 5.88 Å². The normalized spacial score (nSPS) is 29.6. The molecule has 1 saturated heterocycles. The summed E-state index contributed by atoms with van der Waals surface area (Å²) in [7, 11) is 0. The Labute approximate surface area is 125 Å². The fraction of sp³-hybridized carbons (Fsp3) is 0.500. The van der Waals surface area contributed by atoms with Gasteiger partial charge in [0, 0.05) is 19.5 Å². The Morgan fingerprint density at radius 2 is 1.95 bits per heavy atom. The van der Waals surface area contributed by atoms with Crippen LogP contribution in [0.15, 0.2) is 12.7 Å². The van der Waals surface area contributed by atoms with Crippen molar-refractivity contribution in [3.63, 3.8) is 0 Å². The Hall–Kier alpha value is -1.19. The molecule has 0 unspecified atom stereocenters. The van der Waals surface area contributed by atoms with Crippen molar-refractivity contribution in [1.82, 2.24) is 19.5 Å². The summed E-state index contributed by atoms with van der Waals surface area (Å²) in [5.41, 5.74) is 0.433. The summed E-state index contributed by atoms with van der Waals surface area (Å²) >= 11 is 0. The van der Waals surface area contributed by atoms with E-state index in [0.29, 0.717) is 0 Å². The van der Waals surface area contributed by atoms with Crippen molar-refractivity contribution >= 4 is 11.2 Å². The molecule has 0 aliphatic carbocycles. The van der Waals surface area contributed by atoms with Crippen molar-refractivity contribution in [1.29, 1.82) is 0 Å². The fourth-order valence-corrected chi connectivity index (χ4v) is 2.14. The van der Waals surface area contributed by atoms with Crippen molar-refractivity contribution in [3.8, 4) is 5.88 Å². The Balaban J connectivity index is 0.00000147. The van der Waals surface area contributed by atoms with Gasteiger partial charge in [-0.25, -0.2) is 9.97 Å². The number of hydrogen-bond acceptors (Lipinski definition) is 8. The number of nitrogens with zero attached hydrogens (tertiary/aromatic N) is 4. The van der Waals surface area contributed by atoms with Crippen molar-refractivity contribution in [2.24, 2.45) is 0 Å². The molecular formula is C10H12N4O5Zn. The molecule has 3 heterocycles. The molecule has 2 aromatic heterocycles. The van der Waals surface area contributed by atoms with Gasteiger partial charge in [0.25, 0.3) is 0 Å². The molecule has 0 bridgehead atoms. The smallest absolute Gasteiger partial charge is 0.242 e. The van der Waals surface area contributed by atoms with Crippen molar-refractivity contribution in [3.05, 3.63) is 12.7 Å². The van der Waals surface area contributed by atoms with Crippen LogP contribution in [0.25, 0.3) is 11.2 Å². The quantitative estimate of drug-likeness (QED) is 0.470. The first-order chi connectivity index (χ1) is 9.13. The first-order valence-corrected chi connectivity index (χ1v) is 5.62.